The zero-order valence-electron chi connectivity index (χ0n) is 9.47. The highest BCUT2D eigenvalue weighted by atomic mass is 16.5. The van der Waals surface area contributed by atoms with Crippen molar-refractivity contribution in [3.63, 3.8) is 0 Å². The number of ether oxygens (including phenoxy) is 1. The second-order valence-electron chi connectivity index (χ2n) is 4.24. The van der Waals surface area contributed by atoms with Crippen LogP contribution in [0.3, 0.4) is 0 Å². The first-order valence-corrected chi connectivity index (χ1v) is 5.79. The molecule has 0 radical (unpaired) electrons. The molecule has 1 aliphatic heterocycles. The minimum Gasteiger partial charge on any atom is -0.438 e. The van der Waals surface area contributed by atoms with Crippen molar-refractivity contribution in [2.75, 3.05) is 6.54 Å². The Morgan fingerprint density at radius 2 is 2.12 bits per heavy atom. The molecule has 0 amide bonds. The number of pyridine rings is 1. The predicted molar refractivity (Wildman–Crippen MR) is 66.3 cm³/mol. The largest absolute Gasteiger partial charge is 0.438 e. The van der Waals surface area contributed by atoms with E-state index in [1.165, 1.54) is 5.56 Å². The summed E-state index contributed by atoms with van der Waals surface area (Å²) in [5.41, 5.74) is 8.16. The normalized spacial score (nSPS) is 17.6. The van der Waals surface area contributed by atoms with E-state index in [1.807, 2.05) is 30.3 Å². The number of aromatic nitrogens is 1. The van der Waals surface area contributed by atoms with Crippen molar-refractivity contribution in [3.8, 4) is 11.6 Å². The van der Waals surface area contributed by atoms with Gasteiger partial charge in [0.1, 0.15) is 5.75 Å². The first-order valence-electron chi connectivity index (χ1n) is 5.79. The van der Waals surface area contributed by atoms with E-state index in [0.717, 1.165) is 17.7 Å². The van der Waals surface area contributed by atoms with Crippen LogP contribution in [0, 0.1) is 0 Å². The lowest BCUT2D eigenvalue weighted by Crippen LogP contribution is -2.14. The fourth-order valence-corrected chi connectivity index (χ4v) is 2.26. The molecule has 17 heavy (non-hydrogen) atoms. The molecule has 1 aliphatic rings. The van der Waals surface area contributed by atoms with Crippen LogP contribution in [0.2, 0.25) is 0 Å². The molecule has 2 heterocycles. The van der Waals surface area contributed by atoms with Gasteiger partial charge in [-0.2, -0.15) is 0 Å². The lowest BCUT2D eigenvalue weighted by molar-refractivity contribution is 0.458. The minimum atomic E-state index is 0.280. The molecule has 0 aliphatic carbocycles. The Morgan fingerprint density at radius 3 is 3.00 bits per heavy atom. The maximum absolute atomic E-state index is 5.87. The average Bonchev–Trinajstić information content (AvgIpc) is 2.54. The Kier molecular flexibility index (Phi) is 2.53. The second kappa shape index (κ2) is 4.18. The summed E-state index contributed by atoms with van der Waals surface area (Å²) in [6.45, 7) is 0.608. The SMILES string of the molecule is NC[C@@H]1Cc2ccccc2Oc2ncccc21. The van der Waals surface area contributed by atoms with Crippen LogP contribution in [-0.2, 0) is 6.42 Å². The van der Waals surface area contributed by atoms with Crippen molar-refractivity contribution in [3.05, 3.63) is 53.7 Å². The summed E-state index contributed by atoms with van der Waals surface area (Å²) in [5, 5.41) is 0. The summed E-state index contributed by atoms with van der Waals surface area (Å²) in [5.74, 6) is 1.86. The summed E-state index contributed by atoms with van der Waals surface area (Å²) < 4.78 is 5.87. The summed E-state index contributed by atoms with van der Waals surface area (Å²) >= 11 is 0. The molecule has 0 saturated carbocycles. The van der Waals surface area contributed by atoms with E-state index in [9.17, 15) is 0 Å². The van der Waals surface area contributed by atoms with Gasteiger partial charge < -0.3 is 10.5 Å². The second-order valence-corrected chi connectivity index (χ2v) is 4.24. The Morgan fingerprint density at radius 1 is 1.24 bits per heavy atom. The van der Waals surface area contributed by atoms with Crippen LogP contribution in [-0.4, -0.2) is 11.5 Å². The molecule has 1 atom stereocenters. The molecule has 0 bridgehead atoms. The average molecular weight is 226 g/mol. The van der Waals surface area contributed by atoms with Gasteiger partial charge in [-0.15, -0.1) is 0 Å². The number of hydrogen-bond acceptors (Lipinski definition) is 3. The van der Waals surface area contributed by atoms with Crippen LogP contribution in [0.5, 0.6) is 11.6 Å². The molecular formula is C14H14N2O. The van der Waals surface area contributed by atoms with Crippen LogP contribution in [0.25, 0.3) is 0 Å². The molecule has 0 spiro atoms. The van der Waals surface area contributed by atoms with Gasteiger partial charge in [0.15, 0.2) is 0 Å². The first kappa shape index (κ1) is 10.3. The van der Waals surface area contributed by atoms with Gasteiger partial charge in [-0.05, 0) is 30.7 Å². The highest BCUT2D eigenvalue weighted by Crippen LogP contribution is 2.37. The maximum Gasteiger partial charge on any atom is 0.222 e. The Bertz CT molecular complexity index is 539. The predicted octanol–water partition coefficient (Wildman–Crippen LogP) is 2.47. The molecule has 86 valence electrons. The molecule has 0 saturated heterocycles. The van der Waals surface area contributed by atoms with Crippen molar-refractivity contribution in [1.82, 2.24) is 4.98 Å². The van der Waals surface area contributed by atoms with Crippen LogP contribution in [0.1, 0.15) is 17.0 Å². The molecular weight excluding hydrogens is 212 g/mol. The molecule has 3 heteroatoms. The van der Waals surface area contributed by atoms with Gasteiger partial charge >= 0.3 is 0 Å². The summed E-state index contributed by atoms with van der Waals surface area (Å²) in [6, 6.07) is 12.0. The van der Waals surface area contributed by atoms with Crippen LogP contribution in [0.15, 0.2) is 42.6 Å². The summed E-state index contributed by atoms with van der Waals surface area (Å²) in [4.78, 5) is 4.30. The van der Waals surface area contributed by atoms with Gasteiger partial charge in [0.25, 0.3) is 0 Å². The molecule has 3 rings (SSSR count). The van der Waals surface area contributed by atoms with Gasteiger partial charge in [0.2, 0.25) is 5.88 Å². The third kappa shape index (κ3) is 1.78. The van der Waals surface area contributed by atoms with E-state index in [2.05, 4.69) is 11.1 Å². The number of fused-ring (bicyclic) bond motifs is 2. The fourth-order valence-electron chi connectivity index (χ4n) is 2.26. The topological polar surface area (TPSA) is 48.1 Å². The highest BCUT2D eigenvalue weighted by Gasteiger charge is 2.22. The molecule has 0 unspecified atom stereocenters. The van der Waals surface area contributed by atoms with Gasteiger partial charge in [-0.1, -0.05) is 24.3 Å². The fraction of sp³-hybridized carbons (Fsp3) is 0.214. The Balaban J connectivity index is 2.13. The van der Waals surface area contributed by atoms with Crippen molar-refractivity contribution < 1.29 is 4.74 Å². The number of para-hydroxylation sites is 1. The number of hydrogen-bond donors (Lipinski definition) is 1. The molecule has 1 aromatic heterocycles. The quantitative estimate of drug-likeness (QED) is 0.812. The zero-order chi connectivity index (χ0) is 11.7. The smallest absolute Gasteiger partial charge is 0.222 e. The monoisotopic (exact) mass is 226 g/mol. The highest BCUT2D eigenvalue weighted by molar-refractivity contribution is 5.43. The first-order chi connectivity index (χ1) is 8.38. The van der Waals surface area contributed by atoms with Gasteiger partial charge in [0.05, 0.1) is 0 Å². The number of nitrogens with zero attached hydrogens (tertiary/aromatic N) is 1. The van der Waals surface area contributed by atoms with Crippen molar-refractivity contribution >= 4 is 0 Å². The standard InChI is InChI=1S/C14H14N2O/c15-9-11-8-10-4-1-2-6-13(10)17-14-12(11)5-3-7-16-14/h1-7,11H,8-9,15H2/t11-/m0/s1. The molecule has 0 fully saturated rings. The van der Waals surface area contributed by atoms with Crippen LogP contribution >= 0.6 is 0 Å². The van der Waals surface area contributed by atoms with Crippen LogP contribution in [0.4, 0.5) is 0 Å². The molecule has 2 aromatic rings. The van der Waals surface area contributed by atoms with Crippen molar-refractivity contribution in [1.29, 1.82) is 0 Å². The van der Waals surface area contributed by atoms with E-state index in [4.69, 9.17) is 10.5 Å². The summed E-state index contributed by atoms with van der Waals surface area (Å²) in [6.07, 6.45) is 2.66. The lowest BCUT2D eigenvalue weighted by Gasteiger charge is -2.12. The third-order valence-corrected chi connectivity index (χ3v) is 3.17. The van der Waals surface area contributed by atoms with E-state index in [0.29, 0.717) is 12.4 Å². The molecule has 2 N–H and O–H groups in total. The van der Waals surface area contributed by atoms with E-state index in [-0.39, 0.29) is 5.92 Å². The molecule has 3 nitrogen and oxygen atoms in total. The van der Waals surface area contributed by atoms with E-state index >= 15 is 0 Å². The van der Waals surface area contributed by atoms with Gasteiger partial charge in [-0.3, -0.25) is 0 Å². The van der Waals surface area contributed by atoms with Crippen LogP contribution < -0.4 is 10.5 Å². The molecule has 1 aromatic carbocycles. The Labute approximate surface area is 100 Å². The van der Waals surface area contributed by atoms with E-state index < -0.39 is 0 Å². The van der Waals surface area contributed by atoms with Crippen molar-refractivity contribution in [2.24, 2.45) is 5.73 Å². The summed E-state index contributed by atoms with van der Waals surface area (Å²) in [7, 11) is 0. The third-order valence-electron chi connectivity index (χ3n) is 3.17. The number of rotatable bonds is 1. The van der Waals surface area contributed by atoms with Gasteiger partial charge in [-0.25, -0.2) is 4.98 Å². The zero-order valence-corrected chi connectivity index (χ0v) is 9.47. The lowest BCUT2D eigenvalue weighted by atomic mass is 9.93. The minimum absolute atomic E-state index is 0.280. The van der Waals surface area contributed by atoms with Gasteiger partial charge in [0, 0.05) is 17.7 Å². The van der Waals surface area contributed by atoms with E-state index in [1.54, 1.807) is 6.20 Å². The van der Waals surface area contributed by atoms with Crippen molar-refractivity contribution in [2.45, 2.75) is 12.3 Å². The Hall–Kier alpha value is -1.87. The maximum atomic E-state index is 5.87. The number of nitrogens with two attached hydrogens (primary N) is 1. The number of benzene rings is 1.